The summed E-state index contributed by atoms with van der Waals surface area (Å²) in [7, 11) is 4.01. The van der Waals surface area contributed by atoms with Crippen LogP contribution in [0.25, 0.3) is 0 Å². The minimum Gasteiger partial charge on any atom is -0.461 e. The Kier molecular flexibility index (Phi) is 18.6. The summed E-state index contributed by atoms with van der Waals surface area (Å²) in [5, 5.41) is 0. The molecule has 0 N–H and O–H groups in total. The van der Waals surface area contributed by atoms with E-state index in [1.54, 1.807) is 84.9 Å². The third kappa shape index (κ3) is 13.4. The largest absolute Gasteiger partial charge is 0.461 e. The predicted molar refractivity (Wildman–Crippen MR) is 247 cm³/mol. The highest BCUT2D eigenvalue weighted by atomic mass is 33.1. The molecule has 0 fully saturated rings. The predicted octanol–water partition coefficient (Wildman–Crippen LogP) is 12.4. The quantitative estimate of drug-likeness (QED) is 0.0281. The Bertz CT molecular complexity index is 2060. The molecule has 0 saturated heterocycles. The Morgan fingerprint density at radius 1 is 0.355 bits per heavy atom. The molecule has 10 heteroatoms. The molecule has 0 unspecified atom stereocenters. The molecular formula is C52H58O8S2. The molecule has 6 rings (SSSR count). The lowest BCUT2D eigenvalue weighted by Crippen LogP contribution is -2.21. The molecule has 0 heterocycles. The van der Waals surface area contributed by atoms with Gasteiger partial charge in [-0.1, -0.05) is 159 Å². The van der Waals surface area contributed by atoms with Gasteiger partial charge >= 0.3 is 11.9 Å². The standard InChI is InChI=1S/C52H58O8S2/c53-47(59-35-37-27-29-43-45(33-37)51(57)41-23-17-15-21-39(41)49(43)55)25-13-9-5-1-3-7-11-19-31-61-62-32-20-12-8-4-2-6-10-14-26-48(54)60-36-38-28-30-44-46(34-38)52(58)42-24-18-16-22-40(42)50(44)56/h15-18,21-24,27-30,33-34H,1-14,19-20,25-26,31-32,35-36H2. The SMILES string of the molecule is O=C(CCCCCCCCCCSSCCCCCCCCCCC(=O)OCc1ccc2c(c1)C(=O)c1ccccc1C2=O)OCc1ccc2c(c1)C(=O)c1ccccc1C2=O. The summed E-state index contributed by atoms with van der Waals surface area (Å²) in [4.78, 5) is 76.2. The molecule has 2 aliphatic carbocycles. The van der Waals surface area contributed by atoms with Gasteiger partial charge in [0, 0.05) is 68.9 Å². The minimum atomic E-state index is -0.233. The molecule has 0 atom stereocenters. The molecule has 0 radical (unpaired) electrons. The normalized spacial score (nSPS) is 12.7. The van der Waals surface area contributed by atoms with Crippen LogP contribution in [0, 0.1) is 0 Å². The van der Waals surface area contributed by atoms with Gasteiger partial charge in [0.15, 0.2) is 23.1 Å². The van der Waals surface area contributed by atoms with Gasteiger partial charge in [0.05, 0.1) is 0 Å². The third-order valence-corrected chi connectivity index (χ3v) is 14.2. The van der Waals surface area contributed by atoms with E-state index in [4.69, 9.17) is 9.47 Å². The van der Waals surface area contributed by atoms with Gasteiger partial charge in [-0.2, -0.15) is 0 Å². The molecule has 0 saturated carbocycles. The first-order chi connectivity index (χ1) is 30.3. The van der Waals surface area contributed by atoms with Crippen LogP contribution in [0.3, 0.4) is 0 Å². The highest BCUT2D eigenvalue weighted by molar-refractivity contribution is 8.76. The van der Waals surface area contributed by atoms with E-state index in [-0.39, 0.29) is 48.3 Å². The van der Waals surface area contributed by atoms with Crippen LogP contribution in [0.5, 0.6) is 0 Å². The van der Waals surface area contributed by atoms with E-state index in [1.165, 1.54) is 75.7 Å². The highest BCUT2D eigenvalue weighted by Crippen LogP contribution is 2.30. The van der Waals surface area contributed by atoms with E-state index >= 15 is 0 Å². The van der Waals surface area contributed by atoms with Crippen molar-refractivity contribution in [2.75, 3.05) is 11.5 Å². The summed E-state index contributed by atoms with van der Waals surface area (Å²) in [6.07, 6.45) is 19.2. The summed E-state index contributed by atoms with van der Waals surface area (Å²) >= 11 is 0. The van der Waals surface area contributed by atoms with Crippen LogP contribution in [0.4, 0.5) is 0 Å². The Balaban J connectivity index is 0.666. The van der Waals surface area contributed by atoms with E-state index in [1.807, 2.05) is 21.6 Å². The summed E-state index contributed by atoms with van der Waals surface area (Å²) in [6, 6.07) is 23.9. The maximum absolute atomic E-state index is 13.0. The molecule has 326 valence electrons. The van der Waals surface area contributed by atoms with Crippen molar-refractivity contribution < 1.29 is 38.2 Å². The van der Waals surface area contributed by atoms with Crippen molar-refractivity contribution in [2.45, 2.75) is 129 Å². The van der Waals surface area contributed by atoms with Gasteiger partial charge in [0.1, 0.15) is 13.2 Å². The average Bonchev–Trinajstić information content (AvgIpc) is 3.30. The van der Waals surface area contributed by atoms with Crippen molar-refractivity contribution in [1.82, 2.24) is 0 Å². The second kappa shape index (κ2) is 24.7. The van der Waals surface area contributed by atoms with Crippen LogP contribution >= 0.6 is 21.6 Å². The van der Waals surface area contributed by atoms with Crippen molar-refractivity contribution in [2.24, 2.45) is 0 Å². The van der Waals surface area contributed by atoms with Gasteiger partial charge in [-0.3, -0.25) is 28.8 Å². The van der Waals surface area contributed by atoms with Crippen LogP contribution in [0.1, 0.15) is 190 Å². The fourth-order valence-corrected chi connectivity index (χ4v) is 10.3. The monoisotopic (exact) mass is 874 g/mol. The van der Waals surface area contributed by atoms with Gasteiger partial charge in [0.25, 0.3) is 0 Å². The zero-order valence-electron chi connectivity index (χ0n) is 35.7. The maximum atomic E-state index is 13.0. The smallest absolute Gasteiger partial charge is 0.306 e. The summed E-state index contributed by atoms with van der Waals surface area (Å²) < 4.78 is 10.9. The van der Waals surface area contributed by atoms with Crippen molar-refractivity contribution in [3.05, 3.63) is 141 Å². The minimum absolute atomic E-state index is 0.0923. The van der Waals surface area contributed by atoms with Gasteiger partial charge < -0.3 is 9.47 Å². The average molecular weight is 875 g/mol. The second-order valence-electron chi connectivity index (χ2n) is 16.3. The van der Waals surface area contributed by atoms with Gasteiger partial charge in [-0.15, -0.1) is 0 Å². The van der Waals surface area contributed by atoms with Crippen LogP contribution in [0.2, 0.25) is 0 Å². The zero-order valence-corrected chi connectivity index (χ0v) is 37.4. The molecule has 4 aromatic carbocycles. The fourth-order valence-electron chi connectivity index (χ4n) is 8.04. The number of ether oxygens (including phenoxy) is 2. The molecular weight excluding hydrogens is 817 g/mol. The molecule has 0 bridgehead atoms. The number of hydrogen-bond donors (Lipinski definition) is 0. The Morgan fingerprint density at radius 2 is 0.645 bits per heavy atom. The molecule has 2 aliphatic rings. The number of carbonyl (C=O) groups excluding carboxylic acids is 6. The van der Waals surface area contributed by atoms with E-state index in [9.17, 15) is 28.8 Å². The van der Waals surface area contributed by atoms with Crippen molar-refractivity contribution in [1.29, 1.82) is 0 Å². The van der Waals surface area contributed by atoms with Crippen LogP contribution in [-0.4, -0.2) is 46.6 Å². The first kappa shape index (κ1) is 46.7. The maximum Gasteiger partial charge on any atom is 0.306 e. The summed E-state index contributed by atoms with van der Waals surface area (Å²) in [5.41, 5.74) is 4.65. The third-order valence-electron chi connectivity index (χ3n) is 11.6. The first-order valence-corrected chi connectivity index (χ1v) is 25.0. The number of unbranched alkanes of at least 4 members (excludes halogenated alkanes) is 14. The van der Waals surface area contributed by atoms with Crippen molar-refractivity contribution >= 4 is 56.7 Å². The number of esters is 2. The highest BCUT2D eigenvalue weighted by Gasteiger charge is 2.30. The Labute approximate surface area is 374 Å². The Morgan fingerprint density at radius 3 is 1.00 bits per heavy atom. The fraction of sp³-hybridized carbons (Fsp3) is 0.423. The molecule has 0 aromatic heterocycles. The van der Waals surface area contributed by atoms with Crippen LogP contribution in [-0.2, 0) is 32.3 Å². The van der Waals surface area contributed by atoms with E-state index in [2.05, 4.69) is 0 Å². The molecule has 62 heavy (non-hydrogen) atoms. The van der Waals surface area contributed by atoms with E-state index < -0.39 is 0 Å². The van der Waals surface area contributed by atoms with E-state index in [0.717, 1.165) is 38.5 Å². The topological polar surface area (TPSA) is 121 Å². The van der Waals surface area contributed by atoms with Crippen LogP contribution < -0.4 is 0 Å². The molecule has 0 amide bonds. The molecule has 4 aromatic rings. The molecule has 0 spiro atoms. The zero-order chi connectivity index (χ0) is 43.5. The lowest BCUT2D eigenvalue weighted by molar-refractivity contribution is -0.146. The number of fused-ring (bicyclic) bond motifs is 4. The van der Waals surface area contributed by atoms with Crippen molar-refractivity contribution in [3.8, 4) is 0 Å². The van der Waals surface area contributed by atoms with E-state index in [0.29, 0.717) is 68.5 Å². The molecule has 8 nitrogen and oxygen atoms in total. The van der Waals surface area contributed by atoms with Gasteiger partial charge in [0.2, 0.25) is 0 Å². The van der Waals surface area contributed by atoms with Gasteiger partial charge in [-0.25, -0.2) is 0 Å². The number of rotatable bonds is 27. The summed E-state index contributed by atoms with van der Waals surface area (Å²) in [5.74, 6) is 1.30. The Hall–Kier alpha value is -4.80. The summed E-state index contributed by atoms with van der Waals surface area (Å²) in [6.45, 7) is 0.185. The second-order valence-corrected chi connectivity index (χ2v) is 19.0. The number of hydrogen-bond acceptors (Lipinski definition) is 10. The van der Waals surface area contributed by atoms with Crippen LogP contribution in [0.15, 0.2) is 84.9 Å². The van der Waals surface area contributed by atoms with Crippen molar-refractivity contribution in [3.63, 3.8) is 0 Å². The number of carbonyl (C=O) groups is 6. The van der Waals surface area contributed by atoms with Gasteiger partial charge in [-0.05, 0) is 61.1 Å². The first-order valence-electron chi connectivity index (χ1n) is 22.5. The molecule has 0 aliphatic heterocycles. The lowest BCUT2D eigenvalue weighted by Gasteiger charge is -2.18. The number of ketones is 4. The number of benzene rings is 4. The lowest BCUT2D eigenvalue weighted by atomic mass is 9.83.